The molecule has 0 radical (unpaired) electrons. The zero-order chi connectivity index (χ0) is 19.2. The van der Waals surface area contributed by atoms with E-state index in [0.717, 1.165) is 16.0 Å². The van der Waals surface area contributed by atoms with Gasteiger partial charge in [-0.25, -0.2) is 0 Å². The predicted octanol–water partition coefficient (Wildman–Crippen LogP) is 3.25. The molecule has 142 valence electrons. The van der Waals surface area contributed by atoms with Gasteiger partial charge in [0.1, 0.15) is 11.5 Å². The molecule has 1 atom stereocenters. The smallest absolute Gasteiger partial charge is 0.289 e. The van der Waals surface area contributed by atoms with Gasteiger partial charge in [0.25, 0.3) is 5.91 Å². The van der Waals surface area contributed by atoms with Crippen molar-refractivity contribution in [3.63, 3.8) is 0 Å². The number of thiazole rings is 1. The largest absolute Gasteiger partial charge is 0.497 e. The van der Waals surface area contributed by atoms with Gasteiger partial charge in [0.15, 0.2) is 10.9 Å². The summed E-state index contributed by atoms with van der Waals surface area (Å²) < 4.78 is 19.2. The second kappa shape index (κ2) is 8.83. The van der Waals surface area contributed by atoms with E-state index in [2.05, 4.69) is 4.99 Å². The van der Waals surface area contributed by atoms with Gasteiger partial charge in [0.05, 0.1) is 23.9 Å². The van der Waals surface area contributed by atoms with Crippen molar-refractivity contribution in [3.8, 4) is 11.5 Å². The van der Waals surface area contributed by atoms with E-state index in [1.165, 1.54) is 11.3 Å². The van der Waals surface area contributed by atoms with Crippen molar-refractivity contribution < 1.29 is 19.0 Å². The molecule has 0 aliphatic rings. The third-order valence-electron chi connectivity index (χ3n) is 4.02. The summed E-state index contributed by atoms with van der Waals surface area (Å²) >= 11 is 1.44. The number of nitrogens with zero attached hydrogens (tertiary/aromatic N) is 2. The second-order valence-electron chi connectivity index (χ2n) is 5.89. The van der Waals surface area contributed by atoms with Crippen LogP contribution in [0.15, 0.2) is 53.5 Å². The van der Waals surface area contributed by atoms with Gasteiger partial charge in [-0.15, -0.1) is 0 Å². The fourth-order valence-corrected chi connectivity index (χ4v) is 3.69. The average Bonchev–Trinajstić information content (AvgIpc) is 3.02. The summed E-state index contributed by atoms with van der Waals surface area (Å²) in [6.45, 7) is 2.83. The van der Waals surface area contributed by atoms with Crippen LogP contribution in [-0.4, -0.2) is 37.4 Å². The van der Waals surface area contributed by atoms with E-state index in [-0.39, 0.29) is 5.91 Å². The fourth-order valence-electron chi connectivity index (χ4n) is 2.60. The maximum Gasteiger partial charge on any atom is 0.289 e. The van der Waals surface area contributed by atoms with Gasteiger partial charge in [-0.2, -0.15) is 4.99 Å². The molecule has 1 unspecified atom stereocenters. The highest BCUT2D eigenvalue weighted by atomic mass is 32.1. The molecule has 1 amide bonds. The van der Waals surface area contributed by atoms with E-state index in [1.807, 2.05) is 53.1 Å². The number of rotatable bonds is 7. The summed E-state index contributed by atoms with van der Waals surface area (Å²) in [4.78, 5) is 17.5. The first-order valence-corrected chi connectivity index (χ1v) is 9.40. The summed E-state index contributed by atoms with van der Waals surface area (Å²) in [6, 6.07) is 15.1. The lowest BCUT2D eigenvalue weighted by Crippen LogP contribution is -2.26. The van der Waals surface area contributed by atoms with E-state index in [4.69, 9.17) is 14.2 Å². The first-order chi connectivity index (χ1) is 13.1. The second-order valence-corrected chi connectivity index (χ2v) is 6.90. The Balaban J connectivity index is 1.94. The molecule has 0 aliphatic heterocycles. The van der Waals surface area contributed by atoms with E-state index < -0.39 is 6.10 Å². The first-order valence-electron chi connectivity index (χ1n) is 8.59. The Hall–Kier alpha value is -2.64. The number of para-hydroxylation sites is 1. The molecule has 3 aromatic rings. The summed E-state index contributed by atoms with van der Waals surface area (Å²) in [5, 5.41) is 0. The highest BCUT2D eigenvalue weighted by Crippen LogP contribution is 2.23. The van der Waals surface area contributed by atoms with E-state index in [9.17, 15) is 4.79 Å². The van der Waals surface area contributed by atoms with Gasteiger partial charge >= 0.3 is 0 Å². The zero-order valence-electron chi connectivity index (χ0n) is 15.5. The minimum Gasteiger partial charge on any atom is -0.497 e. The number of hydrogen-bond donors (Lipinski definition) is 0. The van der Waals surface area contributed by atoms with Crippen molar-refractivity contribution in [2.75, 3.05) is 20.8 Å². The number of ether oxygens (including phenoxy) is 3. The van der Waals surface area contributed by atoms with Gasteiger partial charge in [0, 0.05) is 13.7 Å². The molecule has 0 aliphatic carbocycles. The third kappa shape index (κ3) is 4.56. The molecule has 3 rings (SSSR count). The minimum atomic E-state index is -0.678. The van der Waals surface area contributed by atoms with Crippen molar-refractivity contribution in [1.29, 1.82) is 0 Å². The van der Waals surface area contributed by atoms with E-state index in [1.54, 1.807) is 21.1 Å². The zero-order valence-corrected chi connectivity index (χ0v) is 16.4. The van der Waals surface area contributed by atoms with Crippen LogP contribution in [0.5, 0.6) is 11.5 Å². The third-order valence-corrected chi connectivity index (χ3v) is 5.06. The molecule has 0 bridgehead atoms. The Morgan fingerprint density at radius 2 is 1.93 bits per heavy atom. The summed E-state index contributed by atoms with van der Waals surface area (Å²) in [5.41, 5.74) is 0.987. The van der Waals surface area contributed by atoms with Crippen LogP contribution in [0.25, 0.3) is 10.2 Å². The summed E-state index contributed by atoms with van der Waals surface area (Å²) in [6.07, 6.45) is -0.678. The quantitative estimate of drug-likeness (QED) is 0.625. The molecular weight excluding hydrogens is 364 g/mol. The summed E-state index contributed by atoms with van der Waals surface area (Å²) in [7, 11) is 3.28. The summed E-state index contributed by atoms with van der Waals surface area (Å²) in [5.74, 6) is 1.08. The van der Waals surface area contributed by atoms with Crippen LogP contribution in [-0.2, 0) is 16.1 Å². The van der Waals surface area contributed by atoms with Gasteiger partial charge in [-0.3, -0.25) is 4.79 Å². The monoisotopic (exact) mass is 386 g/mol. The lowest BCUT2D eigenvalue weighted by atomic mass is 10.3. The number of hydrogen-bond acceptors (Lipinski definition) is 5. The molecule has 0 spiro atoms. The van der Waals surface area contributed by atoms with Crippen LogP contribution in [0.3, 0.4) is 0 Å². The van der Waals surface area contributed by atoms with Gasteiger partial charge in [0.2, 0.25) is 0 Å². The van der Waals surface area contributed by atoms with Crippen molar-refractivity contribution in [2.24, 2.45) is 4.99 Å². The predicted molar refractivity (Wildman–Crippen MR) is 105 cm³/mol. The molecular formula is C20H22N2O4S. The van der Waals surface area contributed by atoms with Gasteiger partial charge in [-0.05, 0) is 37.3 Å². The number of carbonyl (C=O) groups is 1. The molecule has 0 saturated heterocycles. The number of carbonyl (C=O) groups excluding carboxylic acids is 1. The number of methoxy groups -OCH3 is 2. The lowest BCUT2D eigenvalue weighted by Gasteiger charge is -2.10. The Morgan fingerprint density at radius 1 is 1.15 bits per heavy atom. The Labute approximate surface area is 161 Å². The van der Waals surface area contributed by atoms with Crippen LogP contribution >= 0.6 is 11.3 Å². The van der Waals surface area contributed by atoms with Crippen LogP contribution < -0.4 is 14.3 Å². The molecule has 2 aromatic carbocycles. The topological polar surface area (TPSA) is 62.1 Å². The average molecular weight is 386 g/mol. The van der Waals surface area contributed by atoms with Crippen molar-refractivity contribution in [2.45, 2.75) is 19.6 Å². The maximum absolute atomic E-state index is 12.6. The van der Waals surface area contributed by atoms with Crippen molar-refractivity contribution in [3.05, 3.63) is 53.3 Å². The Bertz CT molecular complexity index is 979. The van der Waals surface area contributed by atoms with Crippen LogP contribution in [0, 0.1) is 0 Å². The number of benzene rings is 2. The SMILES string of the molecule is COCCn1c(=NC(=O)C(C)Oc2ccccc2)sc2cc(OC)ccc21. The molecule has 0 saturated carbocycles. The number of amides is 1. The maximum atomic E-state index is 12.6. The molecule has 1 aromatic heterocycles. The van der Waals surface area contributed by atoms with E-state index in [0.29, 0.717) is 23.7 Å². The normalized spacial score (nSPS) is 12.9. The molecule has 1 heterocycles. The molecule has 0 fully saturated rings. The van der Waals surface area contributed by atoms with Crippen LogP contribution in [0.4, 0.5) is 0 Å². The fraction of sp³-hybridized carbons (Fsp3) is 0.300. The first kappa shape index (κ1) is 19.1. The number of aromatic nitrogens is 1. The van der Waals surface area contributed by atoms with Crippen LogP contribution in [0.2, 0.25) is 0 Å². The lowest BCUT2D eigenvalue weighted by molar-refractivity contribution is -0.124. The standard InChI is InChI=1S/C20H22N2O4S/c1-14(26-15-7-5-4-6-8-15)19(23)21-20-22(11-12-24-2)17-10-9-16(25-3)13-18(17)27-20/h4-10,13-14H,11-12H2,1-3H3. The van der Waals surface area contributed by atoms with Crippen molar-refractivity contribution in [1.82, 2.24) is 4.57 Å². The minimum absolute atomic E-state index is 0.330. The van der Waals surface area contributed by atoms with Crippen LogP contribution in [0.1, 0.15) is 6.92 Å². The molecule has 27 heavy (non-hydrogen) atoms. The molecule has 0 N–H and O–H groups in total. The van der Waals surface area contributed by atoms with Gasteiger partial charge < -0.3 is 18.8 Å². The van der Waals surface area contributed by atoms with Crippen molar-refractivity contribution >= 4 is 27.5 Å². The Kier molecular flexibility index (Phi) is 6.26. The molecule has 7 heteroatoms. The number of fused-ring (bicyclic) bond motifs is 1. The van der Waals surface area contributed by atoms with Gasteiger partial charge in [-0.1, -0.05) is 29.5 Å². The highest BCUT2D eigenvalue weighted by molar-refractivity contribution is 7.16. The Morgan fingerprint density at radius 3 is 2.63 bits per heavy atom. The molecule has 6 nitrogen and oxygen atoms in total. The van der Waals surface area contributed by atoms with E-state index >= 15 is 0 Å². The highest BCUT2D eigenvalue weighted by Gasteiger charge is 2.15.